The second-order valence-electron chi connectivity index (χ2n) is 7.79. The number of carbonyl (C=O) groups is 1. The second-order valence-corrected chi connectivity index (χ2v) is 10.1. The van der Waals surface area contributed by atoms with Crippen LogP contribution in [0.5, 0.6) is 0 Å². The number of halogens is 1. The highest BCUT2D eigenvalue weighted by molar-refractivity contribution is 7.89. The third kappa shape index (κ3) is 6.96. The standard InChI is InChI=1S/C21H30ClN2O3S.2CH2/c22-18-10-6-12-20(16-18)28(26,27)24-15-7-11-19(24)13-14-23-21(25)17-8-4-2-1-3-5-9-17;;/h6,10,12,16,19H,1-5,7-9,11,13-15H2,(H,23,25);2*1H2. The van der Waals surface area contributed by atoms with Gasteiger partial charge in [0.1, 0.15) is 0 Å². The molecule has 1 aromatic carbocycles. The summed E-state index contributed by atoms with van der Waals surface area (Å²) >= 11 is 5.98. The second kappa shape index (κ2) is 12.7. The van der Waals surface area contributed by atoms with Crippen molar-refractivity contribution in [2.75, 3.05) is 13.1 Å². The lowest BCUT2D eigenvalue weighted by Crippen LogP contribution is -2.39. The molecule has 1 N–H and O–H groups in total. The van der Waals surface area contributed by atoms with E-state index in [0.29, 0.717) is 24.5 Å². The van der Waals surface area contributed by atoms with Crippen molar-refractivity contribution in [3.8, 4) is 0 Å². The Kier molecular flexibility index (Phi) is 11.4. The summed E-state index contributed by atoms with van der Waals surface area (Å²) in [7, 11) is -3.56. The van der Waals surface area contributed by atoms with E-state index < -0.39 is 10.0 Å². The van der Waals surface area contributed by atoms with Crippen LogP contribution in [0, 0.1) is 20.8 Å². The molecule has 1 aromatic rings. The molecule has 1 amide bonds. The third-order valence-electron chi connectivity index (χ3n) is 5.77. The molecule has 1 atom stereocenters. The Morgan fingerprint density at radius 2 is 1.73 bits per heavy atom. The van der Waals surface area contributed by atoms with Gasteiger partial charge in [0.25, 0.3) is 0 Å². The number of benzene rings is 1. The minimum absolute atomic E-state index is 0. The van der Waals surface area contributed by atoms with Gasteiger partial charge in [-0.3, -0.25) is 4.79 Å². The quantitative estimate of drug-likeness (QED) is 0.660. The normalized spacial score (nSPS) is 21.0. The lowest BCUT2D eigenvalue weighted by molar-refractivity contribution is -0.119. The number of rotatable bonds is 6. The zero-order chi connectivity index (χ0) is 20.0. The molecular formula is C23H34ClN2O3S. The fourth-order valence-electron chi connectivity index (χ4n) is 4.21. The predicted octanol–water partition coefficient (Wildman–Crippen LogP) is 4.97. The zero-order valence-corrected chi connectivity index (χ0v) is 19.3. The maximum Gasteiger partial charge on any atom is 0.243 e. The largest absolute Gasteiger partial charge is 0.356 e. The lowest BCUT2D eigenvalue weighted by atomic mass is 9.90. The van der Waals surface area contributed by atoms with E-state index in [-0.39, 0.29) is 31.7 Å². The first-order chi connectivity index (χ1) is 13.5. The topological polar surface area (TPSA) is 66.5 Å². The van der Waals surface area contributed by atoms with Crippen molar-refractivity contribution in [1.82, 2.24) is 9.62 Å². The van der Waals surface area contributed by atoms with Gasteiger partial charge in [-0.15, -0.1) is 0 Å². The SMILES string of the molecule is O=C(NCCC1CCCN1S(=O)(=O)c1cccc(Cl)c1)[C]1CCCCCCC1.[CH2].[CH2]. The van der Waals surface area contributed by atoms with Gasteiger partial charge in [0.2, 0.25) is 15.9 Å². The van der Waals surface area contributed by atoms with Crippen LogP contribution in [0.3, 0.4) is 0 Å². The van der Waals surface area contributed by atoms with Crippen molar-refractivity contribution in [3.05, 3.63) is 50.1 Å². The van der Waals surface area contributed by atoms with E-state index in [0.717, 1.165) is 44.4 Å². The monoisotopic (exact) mass is 453 g/mol. The minimum atomic E-state index is -3.56. The van der Waals surface area contributed by atoms with Crippen LogP contribution in [0.25, 0.3) is 0 Å². The molecule has 1 aliphatic carbocycles. The van der Waals surface area contributed by atoms with Gasteiger partial charge in [0, 0.05) is 24.2 Å². The summed E-state index contributed by atoms with van der Waals surface area (Å²) in [5.41, 5.74) is 0. The van der Waals surface area contributed by atoms with Crippen molar-refractivity contribution in [2.24, 2.45) is 0 Å². The molecule has 30 heavy (non-hydrogen) atoms. The Morgan fingerprint density at radius 3 is 2.40 bits per heavy atom. The third-order valence-corrected chi connectivity index (χ3v) is 7.95. The van der Waals surface area contributed by atoms with E-state index in [1.807, 2.05) is 0 Å². The Hall–Kier alpha value is -1.11. The summed E-state index contributed by atoms with van der Waals surface area (Å²) < 4.78 is 27.6. The van der Waals surface area contributed by atoms with Crippen LogP contribution in [0.1, 0.15) is 64.2 Å². The first-order valence-corrected chi connectivity index (χ1v) is 12.2. The summed E-state index contributed by atoms with van der Waals surface area (Å²) in [5, 5.41) is 3.45. The Labute approximate surface area is 188 Å². The van der Waals surface area contributed by atoms with E-state index in [2.05, 4.69) is 5.32 Å². The molecule has 5 radical (unpaired) electrons. The Balaban J connectivity index is 0.00000225. The lowest BCUT2D eigenvalue weighted by Gasteiger charge is -2.25. The molecule has 167 valence electrons. The number of nitrogens with one attached hydrogen (secondary N) is 1. The molecule has 3 rings (SSSR count). The minimum Gasteiger partial charge on any atom is -0.356 e. The molecule has 0 spiro atoms. The highest BCUT2D eigenvalue weighted by atomic mass is 35.5. The molecule has 1 saturated carbocycles. The van der Waals surface area contributed by atoms with E-state index in [9.17, 15) is 13.2 Å². The number of hydrogen-bond donors (Lipinski definition) is 1. The fourth-order valence-corrected chi connectivity index (χ4v) is 6.24. The van der Waals surface area contributed by atoms with E-state index in [4.69, 9.17) is 11.6 Å². The molecule has 0 bridgehead atoms. The zero-order valence-electron chi connectivity index (χ0n) is 17.7. The molecule has 1 unspecified atom stereocenters. The van der Waals surface area contributed by atoms with Gasteiger partial charge >= 0.3 is 0 Å². The van der Waals surface area contributed by atoms with E-state index >= 15 is 0 Å². The highest BCUT2D eigenvalue weighted by Crippen LogP contribution is 2.29. The molecule has 5 nitrogen and oxygen atoms in total. The highest BCUT2D eigenvalue weighted by Gasteiger charge is 2.35. The number of hydrogen-bond acceptors (Lipinski definition) is 3. The van der Waals surface area contributed by atoms with Crippen molar-refractivity contribution in [3.63, 3.8) is 0 Å². The van der Waals surface area contributed by atoms with Crippen LogP contribution < -0.4 is 5.32 Å². The first kappa shape index (κ1) is 26.9. The Morgan fingerprint density at radius 1 is 1.07 bits per heavy atom. The summed E-state index contributed by atoms with van der Waals surface area (Å²) in [4.78, 5) is 12.7. The smallest absolute Gasteiger partial charge is 0.243 e. The number of carbonyl (C=O) groups excluding carboxylic acids is 1. The molecule has 1 aliphatic heterocycles. The van der Waals surface area contributed by atoms with Crippen LogP contribution >= 0.6 is 11.6 Å². The van der Waals surface area contributed by atoms with Gasteiger partial charge in [-0.2, -0.15) is 4.31 Å². The van der Waals surface area contributed by atoms with Crippen molar-refractivity contribution in [1.29, 1.82) is 0 Å². The molecule has 7 heteroatoms. The fraction of sp³-hybridized carbons (Fsp3) is 0.565. The molecular weight excluding hydrogens is 420 g/mol. The number of amides is 1. The van der Waals surface area contributed by atoms with Gasteiger partial charge in [0.15, 0.2) is 0 Å². The summed E-state index contributed by atoms with van der Waals surface area (Å²) in [6, 6.07) is 6.34. The molecule has 2 fully saturated rings. The van der Waals surface area contributed by atoms with Crippen molar-refractivity contribution >= 4 is 27.5 Å². The van der Waals surface area contributed by atoms with E-state index in [1.54, 1.807) is 22.5 Å². The summed E-state index contributed by atoms with van der Waals surface area (Å²) in [6.45, 7) is 1.03. The van der Waals surface area contributed by atoms with E-state index in [1.165, 1.54) is 25.3 Å². The maximum atomic E-state index is 13.0. The molecule has 2 aliphatic rings. The molecule has 1 heterocycles. The van der Waals surface area contributed by atoms with Crippen molar-refractivity contribution in [2.45, 2.75) is 75.1 Å². The average Bonchev–Trinajstić information content (AvgIpc) is 3.10. The van der Waals surface area contributed by atoms with Gasteiger partial charge in [-0.05, 0) is 50.3 Å². The molecule has 1 saturated heterocycles. The van der Waals surface area contributed by atoms with Gasteiger partial charge in [-0.25, -0.2) is 8.42 Å². The first-order valence-electron chi connectivity index (χ1n) is 10.4. The van der Waals surface area contributed by atoms with Crippen LogP contribution in [-0.2, 0) is 14.8 Å². The predicted molar refractivity (Wildman–Crippen MR) is 122 cm³/mol. The van der Waals surface area contributed by atoms with Gasteiger partial charge in [-0.1, -0.05) is 64.6 Å². The van der Waals surface area contributed by atoms with Gasteiger partial charge < -0.3 is 5.32 Å². The van der Waals surface area contributed by atoms with Crippen LogP contribution in [-0.4, -0.2) is 37.8 Å². The van der Waals surface area contributed by atoms with Crippen LogP contribution in [0.2, 0.25) is 5.02 Å². The van der Waals surface area contributed by atoms with Crippen LogP contribution in [0.15, 0.2) is 29.2 Å². The summed E-state index contributed by atoms with van der Waals surface area (Å²) in [5.74, 6) is 1.07. The maximum absolute atomic E-state index is 13.0. The average molecular weight is 454 g/mol. The molecule has 0 aromatic heterocycles. The summed E-state index contributed by atoms with van der Waals surface area (Å²) in [6.07, 6.45) is 9.96. The number of sulfonamides is 1. The van der Waals surface area contributed by atoms with Crippen LogP contribution in [0.4, 0.5) is 0 Å². The Bertz CT molecular complexity index is 761. The van der Waals surface area contributed by atoms with Gasteiger partial charge in [0.05, 0.1) is 10.8 Å². The van der Waals surface area contributed by atoms with Crippen molar-refractivity contribution < 1.29 is 13.2 Å². The number of nitrogens with zero attached hydrogens (tertiary/aromatic N) is 1.